The average Bonchev–Trinajstić information content (AvgIpc) is 3.40. The smallest absolute Gasteiger partial charge is 0.338 e. The molecule has 0 bridgehead atoms. The van der Waals surface area contributed by atoms with Crippen molar-refractivity contribution in [1.29, 1.82) is 0 Å². The molecule has 3 amide bonds. The minimum absolute atomic E-state index is 0.111. The number of hydrogen-bond acceptors (Lipinski definition) is 6. The Kier molecular flexibility index (Phi) is 6.13. The number of ether oxygens (including phenoxy) is 1. The van der Waals surface area contributed by atoms with Gasteiger partial charge in [-0.3, -0.25) is 19.3 Å². The summed E-state index contributed by atoms with van der Waals surface area (Å²) < 4.78 is 5.14. The zero-order valence-electron chi connectivity index (χ0n) is 17.3. The molecule has 8 heteroatoms. The molecule has 0 saturated carbocycles. The van der Waals surface area contributed by atoms with Crippen LogP contribution in [0.2, 0.25) is 0 Å². The van der Waals surface area contributed by atoms with Crippen LogP contribution in [0.5, 0.6) is 0 Å². The SMILES string of the molecule is CN(Cc1ccsc1)C(=O)COC(=O)c1ccc2c(c1)C(=O)N(Cc1ccccc1)C2=O. The molecule has 0 unspecified atom stereocenters. The van der Waals surface area contributed by atoms with Gasteiger partial charge in [-0.25, -0.2) is 4.79 Å². The van der Waals surface area contributed by atoms with Crippen molar-refractivity contribution in [2.75, 3.05) is 13.7 Å². The fraction of sp³-hybridized carbons (Fsp3) is 0.167. The van der Waals surface area contributed by atoms with E-state index in [0.717, 1.165) is 16.0 Å². The molecule has 0 spiro atoms. The third kappa shape index (κ3) is 4.45. The van der Waals surface area contributed by atoms with Gasteiger partial charge in [0.05, 0.1) is 23.2 Å². The number of likely N-dealkylation sites (N-methyl/N-ethyl adjacent to an activating group) is 1. The number of benzene rings is 2. The maximum atomic E-state index is 12.8. The molecule has 2 heterocycles. The minimum atomic E-state index is -0.730. The Labute approximate surface area is 188 Å². The van der Waals surface area contributed by atoms with E-state index in [1.807, 2.05) is 47.2 Å². The molecule has 32 heavy (non-hydrogen) atoms. The van der Waals surface area contributed by atoms with Gasteiger partial charge in [0.1, 0.15) is 0 Å². The first-order valence-corrected chi connectivity index (χ1v) is 10.8. The molecule has 0 atom stereocenters. The summed E-state index contributed by atoms with van der Waals surface area (Å²) in [4.78, 5) is 52.8. The first-order chi connectivity index (χ1) is 15.4. The van der Waals surface area contributed by atoms with Gasteiger partial charge in [-0.15, -0.1) is 0 Å². The summed E-state index contributed by atoms with van der Waals surface area (Å²) in [7, 11) is 1.63. The van der Waals surface area contributed by atoms with Crippen LogP contribution in [0.4, 0.5) is 0 Å². The molecule has 0 fully saturated rings. The van der Waals surface area contributed by atoms with Crippen molar-refractivity contribution in [3.63, 3.8) is 0 Å². The second kappa shape index (κ2) is 9.15. The normalized spacial score (nSPS) is 12.6. The molecule has 1 aromatic heterocycles. The molecule has 7 nitrogen and oxygen atoms in total. The van der Waals surface area contributed by atoms with E-state index in [4.69, 9.17) is 4.74 Å². The van der Waals surface area contributed by atoms with Gasteiger partial charge in [-0.05, 0) is 46.2 Å². The Morgan fingerprint density at radius 3 is 2.44 bits per heavy atom. The predicted octanol–water partition coefficient (Wildman–Crippen LogP) is 3.36. The van der Waals surface area contributed by atoms with E-state index in [-0.39, 0.29) is 29.1 Å². The summed E-state index contributed by atoms with van der Waals surface area (Å²) in [6.07, 6.45) is 0. The molecule has 0 saturated heterocycles. The number of carbonyl (C=O) groups is 4. The third-order valence-electron chi connectivity index (χ3n) is 5.14. The van der Waals surface area contributed by atoms with E-state index in [0.29, 0.717) is 6.54 Å². The fourth-order valence-corrected chi connectivity index (χ4v) is 4.05. The van der Waals surface area contributed by atoms with Crippen LogP contribution in [0.1, 0.15) is 42.2 Å². The monoisotopic (exact) mass is 448 g/mol. The topological polar surface area (TPSA) is 84.0 Å². The number of rotatable bonds is 7. The van der Waals surface area contributed by atoms with Crippen molar-refractivity contribution in [3.05, 3.63) is 93.2 Å². The molecule has 3 aromatic rings. The van der Waals surface area contributed by atoms with E-state index < -0.39 is 24.4 Å². The van der Waals surface area contributed by atoms with E-state index in [9.17, 15) is 19.2 Å². The zero-order chi connectivity index (χ0) is 22.7. The van der Waals surface area contributed by atoms with Crippen LogP contribution < -0.4 is 0 Å². The van der Waals surface area contributed by atoms with Gasteiger partial charge in [0.2, 0.25) is 0 Å². The maximum Gasteiger partial charge on any atom is 0.338 e. The summed E-state index contributed by atoms with van der Waals surface area (Å²) in [5, 5.41) is 3.87. The zero-order valence-corrected chi connectivity index (χ0v) is 18.1. The van der Waals surface area contributed by atoms with Crippen LogP contribution in [-0.4, -0.2) is 47.1 Å². The van der Waals surface area contributed by atoms with Crippen LogP contribution in [0.3, 0.4) is 0 Å². The van der Waals surface area contributed by atoms with Gasteiger partial charge in [-0.1, -0.05) is 30.3 Å². The van der Waals surface area contributed by atoms with Crippen molar-refractivity contribution < 1.29 is 23.9 Å². The van der Waals surface area contributed by atoms with Gasteiger partial charge >= 0.3 is 5.97 Å². The molecule has 4 rings (SSSR count). The van der Waals surface area contributed by atoms with Crippen molar-refractivity contribution in [2.45, 2.75) is 13.1 Å². The van der Waals surface area contributed by atoms with Gasteiger partial charge in [0.25, 0.3) is 17.7 Å². The molecule has 0 N–H and O–H groups in total. The van der Waals surface area contributed by atoms with E-state index in [2.05, 4.69) is 0 Å². The molecule has 162 valence electrons. The summed E-state index contributed by atoms with van der Waals surface area (Å²) >= 11 is 1.54. The summed E-state index contributed by atoms with van der Waals surface area (Å²) in [5.74, 6) is -1.94. The number of imide groups is 1. The summed E-state index contributed by atoms with van der Waals surface area (Å²) in [6.45, 7) is 0.161. The van der Waals surface area contributed by atoms with Crippen LogP contribution in [0.25, 0.3) is 0 Å². The highest BCUT2D eigenvalue weighted by Crippen LogP contribution is 2.26. The molecular formula is C24H20N2O5S. The first kappa shape index (κ1) is 21.5. The van der Waals surface area contributed by atoms with Crippen molar-refractivity contribution >= 4 is 35.0 Å². The summed E-state index contributed by atoms with van der Waals surface area (Å²) in [5.41, 5.74) is 2.33. The number of carbonyl (C=O) groups excluding carboxylic acids is 4. The maximum absolute atomic E-state index is 12.8. The van der Waals surface area contributed by atoms with Gasteiger partial charge < -0.3 is 9.64 Å². The largest absolute Gasteiger partial charge is 0.452 e. The van der Waals surface area contributed by atoms with E-state index in [1.165, 1.54) is 23.1 Å². The van der Waals surface area contributed by atoms with Crippen molar-refractivity contribution in [1.82, 2.24) is 9.80 Å². The lowest BCUT2D eigenvalue weighted by Gasteiger charge is -2.16. The number of hydrogen-bond donors (Lipinski definition) is 0. The van der Waals surface area contributed by atoms with Crippen LogP contribution in [0, 0.1) is 0 Å². The summed E-state index contributed by atoms with van der Waals surface area (Å²) in [6, 6.07) is 15.3. The lowest BCUT2D eigenvalue weighted by Crippen LogP contribution is -2.30. The number of amides is 3. The van der Waals surface area contributed by atoms with Crippen molar-refractivity contribution in [3.8, 4) is 0 Å². The van der Waals surface area contributed by atoms with E-state index >= 15 is 0 Å². The first-order valence-electron chi connectivity index (χ1n) is 9.90. The number of thiophene rings is 1. The second-order valence-electron chi connectivity index (χ2n) is 7.40. The van der Waals surface area contributed by atoms with Gasteiger partial charge in [-0.2, -0.15) is 11.3 Å². The Morgan fingerprint density at radius 1 is 0.969 bits per heavy atom. The van der Waals surface area contributed by atoms with E-state index in [1.54, 1.807) is 18.4 Å². The van der Waals surface area contributed by atoms with Gasteiger partial charge in [0, 0.05) is 13.6 Å². The Morgan fingerprint density at radius 2 is 1.72 bits per heavy atom. The highest BCUT2D eigenvalue weighted by molar-refractivity contribution is 7.07. The van der Waals surface area contributed by atoms with Crippen LogP contribution in [0.15, 0.2) is 65.4 Å². The quantitative estimate of drug-likeness (QED) is 0.409. The fourth-order valence-electron chi connectivity index (χ4n) is 3.39. The van der Waals surface area contributed by atoms with Gasteiger partial charge in [0.15, 0.2) is 6.61 Å². The van der Waals surface area contributed by atoms with Crippen LogP contribution >= 0.6 is 11.3 Å². The van der Waals surface area contributed by atoms with Crippen LogP contribution in [-0.2, 0) is 22.6 Å². The molecule has 0 radical (unpaired) electrons. The highest BCUT2D eigenvalue weighted by atomic mass is 32.1. The Hall–Kier alpha value is -3.78. The molecular weight excluding hydrogens is 428 g/mol. The molecule has 2 aromatic carbocycles. The standard InChI is InChI=1S/C24H20N2O5S/c1-25(12-17-9-10-32-15-17)21(27)14-31-24(30)18-7-8-19-20(11-18)23(29)26(22(19)28)13-16-5-3-2-4-6-16/h2-11,15H,12-14H2,1H3. The third-order valence-corrected chi connectivity index (χ3v) is 5.87. The Balaban J connectivity index is 1.40. The lowest BCUT2D eigenvalue weighted by atomic mass is 10.1. The number of fused-ring (bicyclic) bond motifs is 1. The number of esters is 1. The van der Waals surface area contributed by atoms with Crippen molar-refractivity contribution in [2.24, 2.45) is 0 Å². The second-order valence-corrected chi connectivity index (χ2v) is 8.18. The lowest BCUT2D eigenvalue weighted by molar-refractivity contribution is -0.133. The molecule has 1 aliphatic heterocycles. The predicted molar refractivity (Wildman–Crippen MR) is 118 cm³/mol. The highest BCUT2D eigenvalue weighted by Gasteiger charge is 2.36. The number of nitrogens with zero attached hydrogens (tertiary/aromatic N) is 2. The molecule has 0 aliphatic carbocycles. The average molecular weight is 449 g/mol. The molecule has 1 aliphatic rings. The minimum Gasteiger partial charge on any atom is -0.452 e. The Bertz CT molecular complexity index is 1170.